The first-order chi connectivity index (χ1) is 14.1. The van der Waals surface area contributed by atoms with Gasteiger partial charge in [0.15, 0.2) is 6.61 Å². The highest BCUT2D eigenvalue weighted by Gasteiger charge is 2.52. The van der Waals surface area contributed by atoms with Gasteiger partial charge in [-0.1, -0.05) is 19.3 Å². The molecule has 3 rings (SSSR count). The second kappa shape index (κ2) is 8.08. The van der Waals surface area contributed by atoms with Gasteiger partial charge in [-0.3, -0.25) is 15.0 Å². The van der Waals surface area contributed by atoms with Gasteiger partial charge >= 0.3 is 12.0 Å². The smallest absolute Gasteiger partial charge is 0.344 e. The Hall–Kier alpha value is -2.90. The second-order valence-corrected chi connectivity index (χ2v) is 8.32. The molecule has 0 unspecified atom stereocenters. The van der Waals surface area contributed by atoms with Crippen molar-refractivity contribution in [3.05, 3.63) is 33.4 Å². The van der Waals surface area contributed by atoms with Crippen LogP contribution in [0.4, 0.5) is 4.79 Å². The summed E-state index contributed by atoms with van der Waals surface area (Å²) >= 11 is 0. The first kappa shape index (κ1) is 21.8. The van der Waals surface area contributed by atoms with Gasteiger partial charge in [-0.25, -0.2) is 9.59 Å². The molecule has 0 atom stereocenters. The molecule has 2 N–H and O–H groups in total. The maximum Gasteiger partial charge on any atom is 0.344 e. The minimum atomic E-state index is -0.926. The third-order valence-corrected chi connectivity index (χ3v) is 6.64. The van der Waals surface area contributed by atoms with Crippen LogP contribution in [0.5, 0.6) is 0 Å². The largest absolute Gasteiger partial charge is 0.452 e. The van der Waals surface area contributed by atoms with Gasteiger partial charge in [0.2, 0.25) is 0 Å². The Balaban J connectivity index is 1.65. The van der Waals surface area contributed by atoms with Gasteiger partial charge in [0.1, 0.15) is 5.54 Å². The molecule has 1 spiro atoms. The molecule has 1 saturated carbocycles. The van der Waals surface area contributed by atoms with Crippen molar-refractivity contribution in [1.29, 1.82) is 0 Å². The van der Waals surface area contributed by atoms with Gasteiger partial charge in [0.25, 0.3) is 11.8 Å². The van der Waals surface area contributed by atoms with E-state index in [1.807, 2.05) is 34.6 Å². The summed E-state index contributed by atoms with van der Waals surface area (Å²) in [5, 5.41) is 3.42. The second-order valence-electron chi connectivity index (χ2n) is 8.32. The zero-order valence-electron chi connectivity index (χ0n) is 18.2. The summed E-state index contributed by atoms with van der Waals surface area (Å²) in [6.45, 7) is 9.00. The quantitative estimate of drug-likeness (QED) is 0.581. The van der Waals surface area contributed by atoms with E-state index >= 15 is 0 Å². The fourth-order valence-corrected chi connectivity index (χ4v) is 4.38. The third-order valence-electron chi connectivity index (χ3n) is 6.64. The molecule has 0 aromatic heterocycles. The van der Waals surface area contributed by atoms with Gasteiger partial charge in [-0.2, -0.15) is 5.01 Å². The van der Waals surface area contributed by atoms with E-state index in [1.54, 1.807) is 0 Å². The number of nitrogens with one attached hydrogen (secondary N) is 2. The highest BCUT2D eigenvalue weighted by molar-refractivity contribution is 6.08. The van der Waals surface area contributed by atoms with E-state index in [4.69, 9.17) is 4.74 Å². The molecule has 1 aromatic carbocycles. The number of amides is 4. The van der Waals surface area contributed by atoms with Crippen LogP contribution in [0.15, 0.2) is 0 Å². The number of hydrogen-bond acceptors (Lipinski definition) is 5. The Morgan fingerprint density at radius 1 is 0.933 bits per heavy atom. The van der Waals surface area contributed by atoms with Crippen molar-refractivity contribution in [1.82, 2.24) is 15.8 Å². The van der Waals surface area contributed by atoms with Crippen LogP contribution < -0.4 is 10.7 Å². The fourth-order valence-electron chi connectivity index (χ4n) is 4.38. The maximum absolute atomic E-state index is 12.7. The Bertz CT molecular complexity index is 902. The minimum absolute atomic E-state index is 0.444. The summed E-state index contributed by atoms with van der Waals surface area (Å²) in [4.78, 5) is 49.9. The third kappa shape index (κ3) is 3.66. The first-order valence-electron chi connectivity index (χ1n) is 10.3. The fraction of sp³-hybridized carbons (Fsp3) is 0.545. The molecular formula is C22H29N3O5. The van der Waals surface area contributed by atoms with Crippen molar-refractivity contribution < 1.29 is 23.9 Å². The van der Waals surface area contributed by atoms with Crippen LogP contribution in [0, 0.1) is 34.6 Å². The summed E-state index contributed by atoms with van der Waals surface area (Å²) in [6, 6.07) is -0.655. The SMILES string of the molecule is Cc1c(C)c(C)c(C(=O)OCC(=O)NN2C(=O)NC3(CCCCC3)C2=O)c(C)c1C. The molecule has 0 radical (unpaired) electrons. The van der Waals surface area contributed by atoms with Gasteiger partial charge in [-0.15, -0.1) is 0 Å². The molecule has 1 aliphatic carbocycles. The van der Waals surface area contributed by atoms with Gasteiger partial charge in [0, 0.05) is 0 Å². The lowest BCUT2D eigenvalue weighted by Gasteiger charge is -2.30. The normalized spacial score (nSPS) is 17.8. The molecule has 1 aliphatic heterocycles. The van der Waals surface area contributed by atoms with Crippen molar-refractivity contribution in [2.45, 2.75) is 72.3 Å². The summed E-state index contributed by atoms with van der Waals surface area (Å²) in [5.41, 5.74) is 6.55. The predicted molar refractivity (Wildman–Crippen MR) is 110 cm³/mol. The van der Waals surface area contributed by atoms with Crippen molar-refractivity contribution >= 4 is 23.8 Å². The number of urea groups is 1. The number of esters is 1. The maximum atomic E-state index is 12.7. The van der Waals surface area contributed by atoms with Crippen LogP contribution in [-0.4, -0.2) is 41.0 Å². The average Bonchev–Trinajstić information content (AvgIpc) is 2.93. The number of hydrogen-bond donors (Lipinski definition) is 2. The van der Waals surface area contributed by atoms with Crippen LogP contribution in [-0.2, 0) is 14.3 Å². The van der Waals surface area contributed by atoms with E-state index in [0.717, 1.165) is 47.1 Å². The summed E-state index contributed by atoms with van der Waals surface area (Å²) in [5.74, 6) is -1.80. The predicted octanol–water partition coefficient (Wildman–Crippen LogP) is 2.67. The Morgan fingerprint density at radius 2 is 1.47 bits per heavy atom. The minimum Gasteiger partial charge on any atom is -0.452 e. The van der Waals surface area contributed by atoms with Crippen LogP contribution >= 0.6 is 0 Å². The molecular weight excluding hydrogens is 386 g/mol. The van der Waals surface area contributed by atoms with E-state index in [-0.39, 0.29) is 0 Å². The Labute approximate surface area is 176 Å². The number of rotatable bonds is 4. The highest BCUT2D eigenvalue weighted by Crippen LogP contribution is 2.33. The van der Waals surface area contributed by atoms with Crippen LogP contribution in [0.2, 0.25) is 0 Å². The van der Waals surface area contributed by atoms with Crippen LogP contribution in [0.25, 0.3) is 0 Å². The molecule has 8 nitrogen and oxygen atoms in total. The van der Waals surface area contributed by atoms with E-state index in [1.165, 1.54) is 0 Å². The molecule has 1 aromatic rings. The molecule has 4 amide bonds. The highest BCUT2D eigenvalue weighted by atomic mass is 16.5. The van der Waals surface area contributed by atoms with Crippen molar-refractivity contribution in [2.75, 3.05) is 6.61 Å². The van der Waals surface area contributed by atoms with Crippen molar-refractivity contribution in [3.63, 3.8) is 0 Å². The molecule has 2 aliphatic rings. The first-order valence-corrected chi connectivity index (χ1v) is 10.3. The van der Waals surface area contributed by atoms with Crippen molar-refractivity contribution in [3.8, 4) is 0 Å². The number of hydrazine groups is 1. The molecule has 1 heterocycles. The number of carbonyl (C=O) groups excluding carboxylic acids is 4. The number of imide groups is 1. The van der Waals surface area contributed by atoms with Gasteiger partial charge < -0.3 is 10.1 Å². The number of benzene rings is 1. The van der Waals surface area contributed by atoms with Crippen LogP contribution in [0.3, 0.4) is 0 Å². The molecule has 30 heavy (non-hydrogen) atoms. The number of ether oxygens (including phenoxy) is 1. The van der Waals surface area contributed by atoms with E-state index in [9.17, 15) is 19.2 Å². The monoisotopic (exact) mass is 415 g/mol. The molecule has 0 bridgehead atoms. The number of carbonyl (C=O) groups is 4. The van der Waals surface area contributed by atoms with Gasteiger partial charge in [-0.05, 0) is 75.3 Å². The van der Waals surface area contributed by atoms with Crippen LogP contribution in [0.1, 0.15) is 70.3 Å². The average molecular weight is 415 g/mol. The Morgan fingerprint density at radius 3 is 2.03 bits per heavy atom. The van der Waals surface area contributed by atoms with Gasteiger partial charge in [0.05, 0.1) is 5.56 Å². The lowest BCUT2D eigenvalue weighted by atomic mass is 9.82. The van der Waals surface area contributed by atoms with Crippen molar-refractivity contribution in [2.24, 2.45) is 0 Å². The number of nitrogens with zero attached hydrogens (tertiary/aromatic N) is 1. The van der Waals surface area contributed by atoms with E-state index in [2.05, 4.69) is 10.7 Å². The van der Waals surface area contributed by atoms with E-state index in [0.29, 0.717) is 23.4 Å². The standard InChI is InChI=1S/C22H29N3O5/c1-12-13(2)15(4)18(16(5)14(12)3)19(27)30-11-17(26)24-25-20(28)22(23-21(25)29)9-7-6-8-10-22/h6-11H2,1-5H3,(H,23,29)(H,24,26). The topological polar surface area (TPSA) is 105 Å². The zero-order chi connectivity index (χ0) is 22.2. The summed E-state index contributed by atoms with van der Waals surface area (Å²) < 4.78 is 5.20. The lowest BCUT2D eigenvalue weighted by molar-refractivity contribution is -0.140. The molecule has 1 saturated heterocycles. The molecule has 162 valence electrons. The molecule has 2 fully saturated rings. The van der Waals surface area contributed by atoms with E-state index < -0.39 is 36.0 Å². The molecule has 8 heteroatoms. The summed E-state index contributed by atoms with van der Waals surface area (Å²) in [7, 11) is 0. The lowest BCUT2D eigenvalue weighted by Crippen LogP contribution is -2.51. The zero-order valence-corrected chi connectivity index (χ0v) is 18.2. The summed E-state index contributed by atoms with van der Waals surface area (Å²) in [6.07, 6.45) is 3.83. The Kier molecular flexibility index (Phi) is 5.87.